The Bertz CT molecular complexity index is 343. The molecule has 0 heterocycles. The molecule has 2 nitrogen and oxygen atoms in total. The monoisotopic (exact) mass is 247 g/mol. The molecule has 2 N–H and O–H groups in total. The van der Waals surface area contributed by atoms with Gasteiger partial charge < -0.3 is 10.5 Å². The van der Waals surface area contributed by atoms with Gasteiger partial charge in [0.1, 0.15) is 0 Å². The van der Waals surface area contributed by atoms with Crippen molar-refractivity contribution >= 4 is 0 Å². The fourth-order valence-corrected chi connectivity index (χ4v) is 3.35. The Labute approximate surface area is 111 Å². The maximum Gasteiger partial charge on any atom is 0.0477 e. The van der Waals surface area contributed by atoms with Crippen LogP contribution in [0.1, 0.15) is 44.1 Å². The molecule has 0 saturated heterocycles. The third-order valence-electron chi connectivity index (χ3n) is 4.44. The summed E-state index contributed by atoms with van der Waals surface area (Å²) in [5, 5.41) is 0. The molecule has 0 bridgehead atoms. The van der Waals surface area contributed by atoms with Gasteiger partial charge in [-0.25, -0.2) is 0 Å². The highest BCUT2D eigenvalue weighted by Gasteiger charge is 2.38. The Hall–Kier alpha value is -0.860. The molecule has 0 aliphatic heterocycles. The van der Waals surface area contributed by atoms with E-state index >= 15 is 0 Å². The largest absolute Gasteiger partial charge is 0.385 e. The Morgan fingerprint density at radius 1 is 1.17 bits per heavy atom. The lowest BCUT2D eigenvalue weighted by atomic mass is 9.64. The van der Waals surface area contributed by atoms with Gasteiger partial charge in [-0.2, -0.15) is 0 Å². The highest BCUT2D eigenvalue weighted by atomic mass is 16.5. The van der Waals surface area contributed by atoms with Crippen molar-refractivity contribution in [1.29, 1.82) is 0 Å². The maximum atomic E-state index is 6.52. The van der Waals surface area contributed by atoms with Crippen molar-refractivity contribution in [1.82, 2.24) is 0 Å². The van der Waals surface area contributed by atoms with Crippen LogP contribution in [0.25, 0.3) is 0 Å². The molecule has 1 aromatic carbocycles. The average molecular weight is 247 g/mol. The SMILES string of the molecule is COCCC(N)C1(c2ccccc2)CCCCC1. The van der Waals surface area contributed by atoms with Crippen LogP contribution in [-0.4, -0.2) is 19.8 Å². The predicted octanol–water partition coefficient (Wildman–Crippen LogP) is 3.25. The summed E-state index contributed by atoms with van der Waals surface area (Å²) in [7, 11) is 1.75. The van der Waals surface area contributed by atoms with E-state index in [1.165, 1.54) is 37.7 Å². The van der Waals surface area contributed by atoms with Crippen LogP contribution < -0.4 is 5.73 Å². The predicted molar refractivity (Wildman–Crippen MR) is 75.7 cm³/mol. The highest BCUT2D eigenvalue weighted by molar-refractivity contribution is 5.28. The minimum absolute atomic E-state index is 0.179. The Kier molecular flexibility index (Phi) is 4.79. The fraction of sp³-hybridized carbons (Fsp3) is 0.625. The van der Waals surface area contributed by atoms with Crippen molar-refractivity contribution in [2.45, 2.75) is 50.0 Å². The van der Waals surface area contributed by atoms with Gasteiger partial charge in [-0.05, 0) is 24.8 Å². The van der Waals surface area contributed by atoms with Crippen LogP contribution in [0, 0.1) is 0 Å². The van der Waals surface area contributed by atoms with Gasteiger partial charge in [0, 0.05) is 25.2 Å². The van der Waals surface area contributed by atoms with E-state index in [9.17, 15) is 0 Å². The highest BCUT2D eigenvalue weighted by Crippen LogP contribution is 2.42. The van der Waals surface area contributed by atoms with Crippen LogP contribution in [0.2, 0.25) is 0 Å². The molecule has 2 rings (SSSR count). The molecule has 1 fully saturated rings. The van der Waals surface area contributed by atoms with Gasteiger partial charge in [-0.15, -0.1) is 0 Å². The van der Waals surface area contributed by atoms with Crippen LogP contribution in [0.5, 0.6) is 0 Å². The summed E-state index contributed by atoms with van der Waals surface area (Å²) in [5.41, 5.74) is 8.12. The molecule has 1 aliphatic rings. The van der Waals surface area contributed by atoms with E-state index in [1.807, 2.05) is 0 Å². The molecule has 0 radical (unpaired) electrons. The molecule has 1 saturated carbocycles. The molecule has 18 heavy (non-hydrogen) atoms. The Morgan fingerprint density at radius 2 is 1.83 bits per heavy atom. The Balaban J connectivity index is 2.22. The van der Waals surface area contributed by atoms with Crippen LogP contribution in [0.3, 0.4) is 0 Å². The van der Waals surface area contributed by atoms with E-state index in [1.54, 1.807) is 7.11 Å². The first-order valence-corrected chi connectivity index (χ1v) is 7.09. The fourth-order valence-electron chi connectivity index (χ4n) is 3.35. The molecule has 1 unspecified atom stereocenters. The standard InChI is InChI=1S/C16H25NO/c1-18-13-10-15(17)16(11-6-3-7-12-16)14-8-4-2-5-9-14/h2,4-5,8-9,15H,3,6-7,10-13,17H2,1H3. The van der Waals surface area contributed by atoms with Crippen molar-refractivity contribution in [3.05, 3.63) is 35.9 Å². The van der Waals surface area contributed by atoms with Crippen molar-refractivity contribution in [3.63, 3.8) is 0 Å². The summed E-state index contributed by atoms with van der Waals surface area (Å²) < 4.78 is 5.20. The van der Waals surface area contributed by atoms with Crippen LogP contribution >= 0.6 is 0 Å². The second-order valence-electron chi connectivity index (χ2n) is 5.47. The van der Waals surface area contributed by atoms with Crippen molar-refractivity contribution in [3.8, 4) is 0 Å². The minimum atomic E-state index is 0.179. The van der Waals surface area contributed by atoms with Gasteiger partial charge in [0.05, 0.1) is 0 Å². The zero-order valence-corrected chi connectivity index (χ0v) is 11.4. The van der Waals surface area contributed by atoms with E-state index in [0.717, 1.165) is 13.0 Å². The van der Waals surface area contributed by atoms with Gasteiger partial charge in [0.25, 0.3) is 0 Å². The van der Waals surface area contributed by atoms with Gasteiger partial charge in [-0.3, -0.25) is 0 Å². The average Bonchev–Trinajstić information content (AvgIpc) is 2.46. The number of nitrogens with two attached hydrogens (primary N) is 1. The molecule has 1 atom stereocenters. The summed E-state index contributed by atoms with van der Waals surface area (Å²) in [5.74, 6) is 0. The van der Waals surface area contributed by atoms with Crippen LogP contribution in [0.4, 0.5) is 0 Å². The summed E-state index contributed by atoms with van der Waals surface area (Å²) in [6, 6.07) is 11.1. The van der Waals surface area contributed by atoms with E-state index in [0.29, 0.717) is 0 Å². The lowest BCUT2D eigenvalue weighted by molar-refractivity contribution is 0.157. The van der Waals surface area contributed by atoms with E-state index in [2.05, 4.69) is 30.3 Å². The molecule has 1 aliphatic carbocycles. The minimum Gasteiger partial charge on any atom is -0.385 e. The number of benzene rings is 1. The van der Waals surface area contributed by atoms with Crippen molar-refractivity contribution in [2.75, 3.05) is 13.7 Å². The Morgan fingerprint density at radius 3 is 2.44 bits per heavy atom. The quantitative estimate of drug-likeness (QED) is 0.867. The molecular weight excluding hydrogens is 222 g/mol. The first-order valence-electron chi connectivity index (χ1n) is 7.09. The van der Waals surface area contributed by atoms with E-state index in [-0.39, 0.29) is 11.5 Å². The van der Waals surface area contributed by atoms with Crippen molar-refractivity contribution < 1.29 is 4.74 Å². The topological polar surface area (TPSA) is 35.2 Å². The molecule has 0 spiro atoms. The number of hydrogen-bond acceptors (Lipinski definition) is 2. The second kappa shape index (κ2) is 6.35. The van der Waals surface area contributed by atoms with Crippen molar-refractivity contribution in [2.24, 2.45) is 5.73 Å². The van der Waals surface area contributed by atoms with E-state index < -0.39 is 0 Å². The number of ether oxygens (including phenoxy) is 1. The van der Waals surface area contributed by atoms with Crippen LogP contribution in [-0.2, 0) is 10.2 Å². The lowest BCUT2D eigenvalue weighted by Crippen LogP contribution is -2.47. The van der Waals surface area contributed by atoms with E-state index in [4.69, 9.17) is 10.5 Å². The summed E-state index contributed by atoms with van der Waals surface area (Å²) in [4.78, 5) is 0. The molecule has 0 aromatic heterocycles. The van der Waals surface area contributed by atoms with Gasteiger partial charge in [-0.1, -0.05) is 49.6 Å². The molecule has 2 heteroatoms. The molecule has 1 aromatic rings. The number of methoxy groups -OCH3 is 1. The zero-order chi connectivity index (χ0) is 12.8. The van der Waals surface area contributed by atoms with Crippen LogP contribution in [0.15, 0.2) is 30.3 Å². The molecular formula is C16H25NO. The molecule has 0 amide bonds. The first kappa shape index (κ1) is 13.6. The zero-order valence-electron chi connectivity index (χ0n) is 11.4. The normalized spacial score (nSPS) is 20.6. The van der Waals surface area contributed by atoms with Gasteiger partial charge >= 0.3 is 0 Å². The lowest BCUT2D eigenvalue weighted by Gasteiger charge is -2.42. The molecule has 100 valence electrons. The van der Waals surface area contributed by atoms with Gasteiger partial charge in [0.15, 0.2) is 0 Å². The number of rotatable bonds is 5. The maximum absolute atomic E-state index is 6.52. The van der Waals surface area contributed by atoms with Gasteiger partial charge in [0.2, 0.25) is 0 Å². The number of hydrogen-bond donors (Lipinski definition) is 1. The third-order valence-corrected chi connectivity index (χ3v) is 4.44. The summed E-state index contributed by atoms with van der Waals surface area (Å²) in [6.07, 6.45) is 7.35. The summed E-state index contributed by atoms with van der Waals surface area (Å²) >= 11 is 0. The first-order chi connectivity index (χ1) is 8.79. The second-order valence-corrected chi connectivity index (χ2v) is 5.47. The smallest absolute Gasteiger partial charge is 0.0477 e. The third kappa shape index (κ3) is 2.76. The summed E-state index contributed by atoms with van der Waals surface area (Å²) in [6.45, 7) is 0.760.